The highest BCUT2D eigenvalue weighted by molar-refractivity contribution is 7.10. The summed E-state index contributed by atoms with van der Waals surface area (Å²) in [6.45, 7) is 2.42. The zero-order valence-electron chi connectivity index (χ0n) is 14.5. The van der Waals surface area contributed by atoms with Crippen molar-refractivity contribution in [2.75, 3.05) is 26.3 Å². The zero-order chi connectivity index (χ0) is 17.6. The fourth-order valence-electron chi connectivity index (χ4n) is 4.16. The van der Waals surface area contributed by atoms with Crippen LogP contribution in [0.5, 0.6) is 11.5 Å². The first-order chi connectivity index (χ1) is 12.8. The van der Waals surface area contributed by atoms with Gasteiger partial charge in [0, 0.05) is 18.0 Å². The van der Waals surface area contributed by atoms with Crippen molar-refractivity contribution in [3.05, 3.63) is 46.2 Å². The van der Waals surface area contributed by atoms with E-state index in [1.54, 1.807) is 11.3 Å². The standard InChI is InChI=1S/C20H21NO4S/c22-19(17-13-23-15-3-1-2-4-16(15)25-17)21-9-7-20(8-10-21)18-14(5-11-24-20)6-12-26-18/h1-4,6,12,17H,5,7-11,13H2. The van der Waals surface area contributed by atoms with E-state index in [4.69, 9.17) is 14.2 Å². The molecule has 1 aromatic carbocycles. The van der Waals surface area contributed by atoms with Crippen molar-refractivity contribution >= 4 is 17.2 Å². The predicted octanol–water partition coefficient (Wildman–Crippen LogP) is 2.98. The number of likely N-dealkylation sites (tertiary alicyclic amines) is 1. The molecule has 5 rings (SSSR count). The van der Waals surface area contributed by atoms with Crippen molar-refractivity contribution in [2.45, 2.75) is 31.0 Å². The Labute approximate surface area is 156 Å². The molecule has 0 bridgehead atoms. The number of fused-ring (bicyclic) bond motifs is 3. The Morgan fingerprint density at radius 2 is 1.96 bits per heavy atom. The molecular weight excluding hydrogens is 350 g/mol. The molecule has 1 spiro atoms. The number of hydrogen-bond acceptors (Lipinski definition) is 5. The van der Waals surface area contributed by atoms with Gasteiger partial charge < -0.3 is 19.1 Å². The van der Waals surface area contributed by atoms with E-state index in [-0.39, 0.29) is 18.1 Å². The highest BCUT2D eigenvalue weighted by atomic mass is 32.1. The van der Waals surface area contributed by atoms with Crippen LogP contribution in [-0.2, 0) is 21.6 Å². The van der Waals surface area contributed by atoms with Gasteiger partial charge in [0.15, 0.2) is 11.5 Å². The fraction of sp³-hybridized carbons (Fsp3) is 0.450. The van der Waals surface area contributed by atoms with Gasteiger partial charge in [-0.1, -0.05) is 12.1 Å². The molecule has 1 unspecified atom stereocenters. The average molecular weight is 371 g/mol. The summed E-state index contributed by atoms with van der Waals surface area (Å²) in [6, 6.07) is 9.70. The molecule has 4 heterocycles. The first-order valence-corrected chi connectivity index (χ1v) is 10.0. The number of piperidine rings is 1. The van der Waals surface area contributed by atoms with Crippen LogP contribution in [0.15, 0.2) is 35.7 Å². The molecule has 1 atom stereocenters. The molecule has 0 N–H and O–H groups in total. The third kappa shape index (κ3) is 2.59. The van der Waals surface area contributed by atoms with E-state index in [2.05, 4.69) is 11.4 Å². The number of nitrogens with zero attached hydrogens (tertiary/aromatic N) is 1. The molecule has 0 saturated carbocycles. The molecule has 3 aliphatic rings. The summed E-state index contributed by atoms with van der Waals surface area (Å²) in [5, 5.41) is 2.16. The highest BCUT2D eigenvalue weighted by Gasteiger charge is 2.44. The van der Waals surface area contributed by atoms with Crippen LogP contribution in [-0.4, -0.2) is 43.2 Å². The molecule has 1 amide bonds. The second kappa shape index (κ2) is 6.28. The minimum Gasteiger partial charge on any atom is -0.485 e. The number of para-hydroxylation sites is 2. The molecule has 5 nitrogen and oxygen atoms in total. The summed E-state index contributed by atoms with van der Waals surface area (Å²) in [6.07, 6.45) is 2.12. The Balaban J connectivity index is 1.27. The number of carbonyl (C=O) groups excluding carboxylic acids is 1. The summed E-state index contributed by atoms with van der Waals surface area (Å²) >= 11 is 1.79. The Morgan fingerprint density at radius 3 is 2.81 bits per heavy atom. The number of carbonyl (C=O) groups is 1. The van der Waals surface area contributed by atoms with E-state index >= 15 is 0 Å². The highest BCUT2D eigenvalue weighted by Crippen LogP contribution is 2.44. The van der Waals surface area contributed by atoms with Crippen LogP contribution in [0, 0.1) is 0 Å². The van der Waals surface area contributed by atoms with E-state index in [1.807, 2.05) is 29.2 Å². The molecule has 2 aromatic rings. The van der Waals surface area contributed by atoms with Crippen molar-refractivity contribution in [1.29, 1.82) is 0 Å². The van der Waals surface area contributed by atoms with Crippen LogP contribution in [0.1, 0.15) is 23.3 Å². The Morgan fingerprint density at radius 1 is 1.15 bits per heavy atom. The Bertz CT molecular complexity index is 825. The van der Waals surface area contributed by atoms with Gasteiger partial charge in [-0.3, -0.25) is 4.79 Å². The van der Waals surface area contributed by atoms with E-state index in [1.165, 1.54) is 10.4 Å². The average Bonchev–Trinajstić information content (AvgIpc) is 3.18. The number of ether oxygens (including phenoxy) is 3. The van der Waals surface area contributed by atoms with Crippen molar-refractivity contribution in [3.8, 4) is 11.5 Å². The number of benzene rings is 1. The zero-order valence-corrected chi connectivity index (χ0v) is 15.3. The first-order valence-electron chi connectivity index (χ1n) is 9.13. The minimum absolute atomic E-state index is 0.0107. The maximum atomic E-state index is 12.9. The van der Waals surface area contributed by atoms with Crippen LogP contribution in [0.3, 0.4) is 0 Å². The number of rotatable bonds is 1. The SMILES string of the molecule is O=C(C1COc2ccccc2O1)N1CCC2(CC1)OCCc1ccsc12. The molecule has 136 valence electrons. The molecule has 1 saturated heterocycles. The molecule has 0 aliphatic carbocycles. The number of amides is 1. The fourth-order valence-corrected chi connectivity index (χ4v) is 5.33. The summed E-state index contributed by atoms with van der Waals surface area (Å²) in [5.74, 6) is 1.36. The normalized spacial score (nSPS) is 23.5. The molecule has 26 heavy (non-hydrogen) atoms. The maximum Gasteiger partial charge on any atom is 0.267 e. The smallest absolute Gasteiger partial charge is 0.267 e. The van der Waals surface area contributed by atoms with Gasteiger partial charge in [0.2, 0.25) is 6.10 Å². The quantitative estimate of drug-likeness (QED) is 0.773. The van der Waals surface area contributed by atoms with Crippen LogP contribution in [0.25, 0.3) is 0 Å². The topological polar surface area (TPSA) is 48.0 Å². The van der Waals surface area contributed by atoms with Gasteiger partial charge in [-0.25, -0.2) is 0 Å². The van der Waals surface area contributed by atoms with Gasteiger partial charge in [0.1, 0.15) is 12.2 Å². The lowest BCUT2D eigenvalue weighted by molar-refractivity contribution is -0.149. The summed E-state index contributed by atoms with van der Waals surface area (Å²) in [7, 11) is 0. The lowest BCUT2D eigenvalue weighted by Crippen LogP contribution is -2.52. The van der Waals surface area contributed by atoms with Crippen LogP contribution >= 0.6 is 11.3 Å². The second-order valence-corrected chi connectivity index (χ2v) is 7.97. The Hall–Kier alpha value is -2.05. The van der Waals surface area contributed by atoms with E-state index in [0.717, 1.165) is 25.9 Å². The molecule has 6 heteroatoms. The third-order valence-corrected chi connectivity index (χ3v) is 6.72. The molecule has 1 fully saturated rings. The van der Waals surface area contributed by atoms with E-state index < -0.39 is 6.10 Å². The monoisotopic (exact) mass is 371 g/mol. The third-order valence-electron chi connectivity index (χ3n) is 5.58. The van der Waals surface area contributed by atoms with Crippen LogP contribution in [0.2, 0.25) is 0 Å². The van der Waals surface area contributed by atoms with Gasteiger partial charge in [0.05, 0.1) is 6.61 Å². The van der Waals surface area contributed by atoms with Gasteiger partial charge in [-0.2, -0.15) is 0 Å². The molecule has 1 aromatic heterocycles. The lowest BCUT2D eigenvalue weighted by Gasteiger charge is -2.44. The Kier molecular flexibility index (Phi) is 3.90. The van der Waals surface area contributed by atoms with Crippen LogP contribution in [0.4, 0.5) is 0 Å². The van der Waals surface area contributed by atoms with Gasteiger partial charge in [-0.05, 0) is 48.4 Å². The van der Waals surface area contributed by atoms with Crippen molar-refractivity contribution in [1.82, 2.24) is 4.90 Å². The largest absolute Gasteiger partial charge is 0.485 e. The van der Waals surface area contributed by atoms with Gasteiger partial charge in [-0.15, -0.1) is 11.3 Å². The summed E-state index contributed by atoms with van der Waals surface area (Å²) in [4.78, 5) is 16.2. The lowest BCUT2D eigenvalue weighted by atomic mass is 9.85. The molecule has 3 aliphatic heterocycles. The summed E-state index contributed by atoms with van der Waals surface area (Å²) < 4.78 is 17.8. The van der Waals surface area contributed by atoms with E-state index in [9.17, 15) is 4.79 Å². The number of thiophene rings is 1. The first kappa shape index (κ1) is 16.1. The summed E-state index contributed by atoms with van der Waals surface area (Å²) in [5.41, 5.74) is 1.22. The molecule has 0 radical (unpaired) electrons. The van der Waals surface area contributed by atoms with Crippen molar-refractivity contribution in [2.24, 2.45) is 0 Å². The number of hydrogen-bond donors (Lipinski definition) is 0. The molecular formula is C20H21NO4S. The van der Waals surface area contributed by atoms with E-state index in [0.29, 0.717) is 24.6 Å². The van der Waals surface area contributed by atoms with Gasteiger partial charge in [0.25, 0.3) is 5.91 Å². The second-order valence-electron chi connectivity index (χ2n) is 7.06. The predicted molar refractivity (Wildman–Crippen MR) is 97.8 cm³/mol. The van der Waals surface area contributed by atoms with Gasteiger partial charge >= 0.3 is 0 Å². The van der Waals surface area contributed by atoms with Crippen molar-refractivity contribution in [3.63, 3.8) is 0 Å². The maximum absolute atomic E-state index is 12.9. The minimum atomic E-state index is -0.566. The van der Waals surface area contributed by atoms with Crippen LogP contribution < -0.4 is 9.47 Å². The van der Waals surface area contributed by atoms with Crippen molar-refractivity contribution < 1.29 is 19.0 Å².